The molecular formula is C15H24N6O. The SMILES string of the molecule is C[C@@H](O)CNc1nc(NC2CCCCC2)c2cnn(C)c2n1. The van der Waals surface area contributed by atoms with Crippen LogP contribution in [-0.4, -0.2) is 43.5 Å². The number of hydrogen-bond donors (Lipinski definition) is 3. The molecule has 1 saturated carbocycles. The van der Waals surface area contributed by atoms with Crippen LogP contribution in [-0.2, 0) is 7.05 Å². The van der Waals surface area contributed by atoms with Crippen LogP contribution in [0.25, 0.3) is 11.0 Å². The van der Waals surface area contributed by atoms with Crippen LogP contribution in [0.4, 0.5) is 11.8 Å². The zero-order valence-corrected chi connectivity index (χ0v) is 13.2. The first-order valence-corrected chi connectivity index (χ1v) is 8.01. The third kappa shape index (κ3) is 3.30. The number of fused-ring (bicyclic) bond motifs is 1. The van der Waals surface area contributed by atoms with E-state index in [0.29, 0.717) is 18.5 Å². The largest absolute Gasteiger partial charge is 0.392 e. The van der Waals surface area contributed by atoms with Gasteiger partial charge in [0.05, 0.1) is 17.7 Å². The Hall–Kier alpha value is -1.89. The van der Waals surface area contributed by atoms with Crippen molar-refractivity contribution >= 4 is 22.8 Å². The highest BCUT2D eigenvalue weighted by atomic mass is 16.3. The fourth-order valence-electron chi connectivity index (χ4n) is 2.89. The van der Waals surface area contributed by atoms with Crippen LogP contribution in [0, 0.1) is 0 Å². The minimum atomic E-state index is -0.444. The van der Waals surface area contributed by atoms with Crippen molar-refractivity contribution in [3.63, 3.8) is 0 Å². The second kappa shape index (κ2) is 6.48. The van der Waals surface area contributed by atoms with Gasteiger partial charge in [-0.2, -0.15) is 15.1 Å². The van der Waals surface area contributed by atoms with Gasteiger partial charge in [-0.05, 0) is 19.8 Å². The lowest BCUT2D eigenvalue weighted by atomic mass is 9.95. The number of nitrogens with one attached hydrogen (secondary N) is 2. The third-order valence-corrected chi connectivity index (χ3v) is 4.09. The van der Waals surface area contributed by atoms with Crippen LogP contribution in [0.5, 0.6) is 0 Å². The number of anilines is 2. The molecule has 2 aromatic heterocycles. The van der Waals surface area contributed by atoms with Crippen LogP contribution in [0.3, 0.4) is 0 Å². The molecule has 0 amide bonds. The third-order valence-electron chi connectivity index (χ3n) is 4.09. The molecule has 0 saturated heterocycles. The standard InChI is InChI=1S/C15H24N6O/c1-10(22)8-16-15-19-13(18-11-6-4-3-5-7-11)12-9-17-21(2)14(12)20-15/h9-11,22H,3-8H2,1-2H3,(H2,16,18,19,20)/t10-/m1/s1. The van der Waals surface area contributed by atoms with Crippen LogP contribution in [0.2, 0.25) is 0 Å². The van der Waals surface area contributed by atoms with Crippen molar-refractivity contribution in [2.75, 3.05) is 17.2 Å². The van der Waals surface area contributed by atoms with E-state index in [1.54, 1.807) is 17.8 Å². The Morgan fingerprint density at radius 1 is 1.32 bits per heavy atom. The lowest BCUT2D eigenvalue weighted by molar-refractivity contribution is 0.208. The molecule has 3 rings (SSSR count). The molecule has 0 spiro atoms. The van der Waals surface area contributed by atoms with E-state index in [9.17, 15) is 5.11 Å². The zero-order chi connectivity index (χ0) is 15.5. The molecule has 0 bridgehead atoms. The minimum Gasteiger partial charge on any atom is -0.392 e. The second-order valence-electron chi connectivity index (χ2n) is 6.11. The number of rotatable bonds is 5. The van der Waals surface area contributed by atoms with Gasteiger partial charge in [0.15, 0.2) is 5.65 Å². The Balaban J connectivity index is 1.88. The summed E-state index contributed by atoms with van der Waals surface area (Å²) in [6.45, 7) is 2.16. The Morgan fingerprint density at radius 2 is 2.09 bits per heavy atom. The highest BCUT2D eigenvalue weighted by molar-refractivity contribution is 5.87. The molecule has 1 fully saturated rings. The summed E-state index contributed by atoms with van der Waals surface area (Å²) in [6.07, 6.45) is 7.59. The highest BCUT2D eigenvalue weighted by Gasteiger charge is 2.17. The predicted octanol–water partition coefficient (Wildman–Crippen LogP) is 1.90. The quantitative estimate of drug-likeness (QED) is 0.782. The van der Waals surface area contributed by atoms with E-state index in [-0.39, 0.29) is 0 Å². The van der Waals surface area contributed by atoms with Crippen LogP contribution < -0.4 is 10.6 Å². The Morgan fingerprint density at radius 3 is 2.82 bits per heavy atom. The lowest BCUT2D eigenvalue weighted by Crippen LogP contribution is -2.23. The highest BCUT2D eigenvalue weighted by Crippen LogP contribution is 2.26. The minimum absolute atomic E-state index is 0.423. The summed E-state index contributed by atoms with van der Waals surface area (Å²) in [5.41, 5.74) is 0.793. The molecule has 1 atom stereocenters. The first-order chi connectivity index (χ1) is 10.6. The summed E-state index contributed by atoms with van der Waals surface area (Å²) in [6, 6.07) is 0.469. The number of aliphatic hydroxyl groups is 1. The van der Waals surface area contributed by atoms with Gasteiger partial charge in [-0.15, -0.1) is 0 Å². The molecule has 0 aromatic carbocycles. The van der Waals surface area contributed by atoms with Gasteiger partial charge in [-0.3, -0.25) is 4.68 Å². The average molecular weight is 304 g/mol. The number of aliphatic hydroxyl groups excluding tert-OH is 1. The van der Waals surface area contributed by atoms with Crippen LogP contribution in [0.15, 0.2) is 6.20 Å². The molecule has 120 valence electrons. The molecule has 3 N–H and O–H groups in total. The van der Waals surface area contributed by atoms with Gasteiger partial charge in [-0.25, -0.2) is 0 Å². The first-order valence-electron chi connectivity index (χ1n) is 8.01. The smallest absolute Gasteiger partial charge is 0.226 e. The molecule has 1 aliphatic carbocycles. The maximum Gasteiger partial charge on any atom is 0.226 e. The zero-order valence-electron chi connectivity index (χ0n) is 13.2. The van der Waals surface area contributed by atoms with Crippen molar-refractivity contribution in [2.45, 2.75) is 51.2 Å². The topological polar surface area (TPSA) is 87.9 Å². The number of aromatic nitrogens is 4. The van der Waals surface area contributed by atoms with Crippen molar-refractivity contribution in [1.82, 2.24) is 19.7 Å². The van der Waals surface area contributed by atoms with Crippen molar-refractivity contribution in [3.05, 3.63) is 6.20 Å². The van der Waals surface area contributed by atoms with Crippen molar-refractivity contribution in [2.24, 2.45) is 7.05 Å². The van der Waals surface area contributed by atoms with Gasteiger partial charge in [-0.1, -0.05) is 19.3 Å². The average Bonchev–Trinajstić information content (AvgIpc) is 2.88. The molecule has 2 heterocycles. The van der Waals surface area contributed by atoms with Crippen LogP contribution in [0.1, 0.15) is 39.0 Å². The van der Waals surface area contributed by atoms with Gasteiger partial charge in [0.25, 0.3) is 0 Å². The van der Waals surface area contributed by atoms with Gasteiger partial charge in [0.1, 0.15) is 5.82 Å². The van der Waals surface area contributed by atoms with E-state index in [2.05, 4.69) is 25.7 Å². The van der Waals surface area contributed by atoms with Crippen molar-refractivity contribution in [1.29, 1.82) is 0 Å². The number of hydrogen-bond acceptors (Lipinski definition) is 6. The second-order valence-corrected chi connectivity index (χ2v) is 6.11. The fourth-order valence-corrected chi connectivity index (χ4v) is 2.89. The number of nitrogens with zero attached hydrogens (tertiary/aromatic N) is 4. The first kappa shape index (κ1) is 15.0. The molecule has 22 heavy (non-hydrogen) atoms. The van der Waals surface area contributed by atoms with E-state index in [1.807, 2.05) is 7.05 Å². The molecule has 1 aliphatic rings. The maximum absolute atomic E-state index is 9.42. The van der Waals surface area contributed by atoms with E-state index in [0.717, 1.165) is 16.9 Å². The summed E-state index contributed by atoms with van der Waals surface area (Å²) in [5, 5.41) is 21.3. The molecular weight excluding hydrogens is 280 g/mol. The van der Waals surface area contributed by atoms with Crippen LogP contribution >= 0.6 is 0 Å². The van der Waals surface area contributed by atoms with E-state index in [1.165, 1.54) is 32.1 Å². The predicted molar refractivity (Wildman–Crippen MR) is 87.0 cm³/mol. The summed E-state index contributed by atoms with van der Waals surface area (Å²) < 4.78 is 1.75. The fraction of sp³-hybridized carbons (Fsp3) is 0.667. The monoisotopic (exact) mass is 304 g/mol. The van der Waals surface area contributed by atoms with Gasteiger partial charge in [0, 0.05) is 19.6 Å². The normalized spacial score (nSPS) is 17.6. The molecule has 0 radical (unpaired) electrons. The summed E-state index contributed by atoms with van der Waals surface area (Å²) >= 11 is 0. The molecule has 0 unspecified atom stereocenters. The number of aryl methyl sites for hydroxylation is 1. The summed E-state index contributed by atoms with van der Waals surface area (Å²) in [4.78, 5) is 9.07. The molecule has 7 nitrogen and oxygen atoms in total. The van der Waals surface area contributed by atoms with E-state index in [4.69, 9.17) is 0 Å². The molecule has 2 aromatic rings. The lowest BCUT2D eigenvalue weighted by Gasteiger charge is -2.23. The van der Waals surface area contributed by atoms with Crippen molar-refractivity contribution < 1.29 is 5.11 Å². The molecule has 7 heteroatoms. The Labute approximate surface area is 130 Å². The Bertz CT molecular complexity index is 632. The van der Waals surface area contributed by atoms with Crippen molar-refractivity contribution in [3.8, 4) is 0 Å². The molecule has 0 aliphatic heterocycles. The van der Waals surface area contributed by atoms with Gasteiger partial charge in [0.2, 0.25) is 5.95 Å². The van der Waals surface area contributed by atoms with Gasteiger partial charge >= 0.3 is 0 Å². The van der Waals surface area contributed by atoms with E-state index < -0.39 is 6.10 Å². The summed E-state index contributed by atoms with van der Waals surface area (Å²) in [7, 11) is 1.87. The Kier molecular flexibility index (Phi) is 4.42. The summed E-state index contributed by atoms with van der Waals surface area (Å²) in [5.74, 6) is 1.36. The van der Waals surface area contributed by atoms with E-state index >= 15 is 0 Å². The maximum atomic E-state index is 9.42. The van der Waals surface area contributed by atoms with Gasteiger partial charge < -0.3 is 15.7 Å².